The Morgan fingerprint density at radius 2 is 1.93 bits per heavy atom. The number of hydrogen-bond donors (Lipinski definition) is 2. The highest BCUT2D eigenvalue weighted by Gasteiger charge is 2.39. The lowest BCUT2D eigenvalue weighted by molar-refractivity contribution is -0.136. The fourth-order valence-electron chi connectivity index (χ4n) is 5.37. The third-order valence-corrected chi connectivity index (χ3v) is 7.25. The molecule has 3 fully saturated rings. The average molecular weight is 396 g/mol. The molecule has 4 aliphatic rings. The minimum atomic E-state index is -0.547. The zero-order chi connectivity index (χ0) is 20.0. The fraction of sp³-hybridized carbons (Fsp3) is 0.591. The molecule has 0 saturated carbocycles. The van der Waals surface area contributed by atoms with Gasteiger partial charge < -0.3 is 10.2 Å². The lowest BCUT2D eigenvalue weighted by Gasteiger charge is -2.39. The van der Waals surface area contributed by atoms with Crippen molar-refractivity contribution in [2.45, 2.75) is 51.2 Å². The predicted molar refractivity (Wildman–Crippen MR) is 107 cm³/mol. The molecule has 4 aliphatic heterocycles. The van der Waals surface area contributed by atoms with Crippen LogP contribution >= 0.6 is 0 Å². The molecule has 7 nitrogen and oxygen atoms in total. The number of nitrogens with zero attached hydrogens (tertiary/aromatic N) is 2. The molecule has 0 radical (unpaired) electrons. The van der Waals surface area contributed by atoms with Crippen LogP contribution in [0.5, 0.6) is 0 Å². The molecule has 4 heterocycles. The van der Waals surface area contributed by atoms with Gasteiger partial charge in [0.2, 0.25) is 11.8 Å². The fourth-order valence-corrected chi connectivity index (χ4v) is 5.37. The molecular formula is C22H28N4O3. The number of imide groups is 1. The number of carbonyl (C=O) groups is 3. The van der Waals surface area contributed by atoms with E-state index in [1.165, 1.54) is 19.3 Å². The lowest BCUT2D eigenvalue weighted by Crippen LogP contribution is -2.52. The highest BCUT2D eigenvalue weighted by molar-refractivity contribution is 6.05. The maximum atomic E-state index is 13.0. The van der Waals surface area contributed by atoms with Gasteiger partial charge in [0.15, 0.2) is 0 Å². The van der Waals surface area contributed by atoms with Crippen LogP contribution in [0.3, 0.4) is 0 Å². The van der Waals surface area contributed by atoms with Gasteiger partial charge in [0.1, 0.15) is 6.04 Å². The zero-order valence-corrected chi connectivity index (χ0v) is 16.7. The molecular weight excluding hydrogens is 368 g/mol. The molecule has 5 rings (SSSR count). The van der Waals surface area contributed by atoms with Crippen LogP contribution < -0.4 is 10.6 Å². The molecule has 1 spiro atoms. The van der Waals surface area contributed by atoms with Crippen molar-refractivity contribution in [2.24, 2.45) is 5.41 Å². The number of rotatable bonds is 3. The second-order valence-electron chi connectivity index (χ2n) is 9.09. The van der Waals surface area contributed by atoms with Crippen molar-refractivity contribution in [3.63, 3.8) is 0 Å². The number of amides is 3. The molecule has 1 atom stereocenters. The quantitative estimate of drug-likeness (QED) is 0.746. The third kappa shape index (κ3) is 3.46. The molecule has 29 heavy (non-hydrogen) atoms. The number of likely N-dealkylation sites (tertiary alicyclic amines) is 1. The van der Waals surface area contributed by atoms with E-state index in [0.717, 1.165) is 43.9 Å². The van der Waals surface area contributed by atoms with Gasteiger partial charge in [0, 0.05) is 31.6 Å². The van der Waals surface area contributed by atoms with Gasteiger partial charge in [-0.05, 0) is 67.9 Å². The molecule has 3 saturated heterocycles. The normalized spacial score (nSPS) is 26.8. The Morgan fingerprint density at radius 3 is 2.66 bits per heavy atom. The van der Waals surface area contributed by atoms with E-state index in [1.807, 2.05) is 12.1 Å². The first kappa shape index (κ1) is 18.8. The standard InChI is InChI=1S/C22H28N4O3/c27-19-4-3-18(20(28)24-19)26-13-16-2-1-15(11-17(16)21(26)29)12-25-9-6-22(7-10-25)5-8-23-14-22/h1-2,11,18,23H,3-10,12-14H2,(H,24,27,28). The smallest absolute Gasteiger partial charge is 0.255 e. The van der Waals surface area contributed by atoms with E-state index in [9.17, 15) is 14.4 Å². The van der Waals surface area contributed by atoms with Crippen molar-refractivity contribution in [3.8, 4) is 0 Å². The van der Waals surface area contributed by atoms with Gasteiger partial charge in [0.25, 0.3) is 5.91 Å². The first-order chi connectivity index (χ1) is 14.0. The largest absolute Gasteiger partial charge is 0.322 e. The number of benzene rings is 1. The van der Waals surface area contributed by atoms with E-state index in [4.69, 9.17) is 0 Å². The number of fused-ring (bicyclic) bond motifs is 1. The Morgan fingerprint density at radius 1 is 1.10 bits per heavy atom. The van der Waals surface area contributed by atoms with Crippen LogP contribution in [-0.2, 0) is 22.7 Å². The molecule has 1 unspecified atom stereocenters. The maximum absolute atomic E-state index is 13.0. The van der Waals surface area contributed by atoms with E-state index in [2.05, 4.69) is 21.6 Å². The molecule has 3 amide bonds. The summed E-state index contributed by atoms with van der Waals surface area (Å²) in [4.78, 5) is 40.7. The molecule has 0 aliphatic carbocycles. The van der Waals surface area contributed by atoms with Crippen LogP contribution in [0.4, 0.5) is 0 Å². The molecule has 7 heteroatoms. The van der Waals surface area contributed by atoms with Crippen molar-refractivity contribution in [3.05, 3.63) is 34.9 Å². The van der Waals surface area contributed by atoms with Crippen molar-refractivity contribution < 1.29 is 14.4 Å². The van der Waals surface area contributed by atoms with Crippen LogP contribution in [0.2, 0.25) is 0 Å². The third-order valence-electron chi connectivity index (χ3n) is 7.25. The van der Waals surface area contributed by atoms with Crippen LogP contribution in [0.25, 0.3) is 0 Å². The van der Waals surface area contributed by atoms with Gasteiger partial charge >= 0.3 is 0 Å². The van der Waals surface area contributed by atoms with E-state index >= 15 is 0 Å². The number of carbonyl (C=O) groups excluding carboxylic acids is 3. The molecule has 0 aromatic heterocycles. The van der Waals surface area contributed by atoms with Crippen LogP contribution in [0, 0.1) is 5.41 Å². The second kappa shape index (κ2) is 7.22. The van der Waals surface area contributed by atoms with E-state index in [-0.39, 0.29) is 24.1 Å². The monoisotopic (exact) mass is 396 g/mol. The Hall–Kier alpha value is -2.25. The van der Waals surface area contributed by atoms with Gasteiger partial charge in [-0.1, -0.05) is 12.1 Å². The summed E-state index contributed by atoms with van der Waals surface area (Å²) in [5, 5.41) is 5.87. The molecule has 154 valence electrons. The van der Waals surface area contributed by atoms with Gasteiger partial charge in [0.05, 0.1) is 0 Å². The second-order valence-corrected chi connectivity index (χ2v) is 9.09. The van der Waals surface area contributed by atoms with E-state index in [1.54, 1.807) is 4.90 Å². The van der Waals surface area contributed by atoms with Gasteiger partial charge in [-0.3, -0.25) is 24.6 Å². The lowest BCUT2D eigenvalue weighted by atomic mass is 9.78. The topological polar surface area (TPSA) is 81.8 Å². The first-order valence-electron chi connectivity index (χ1n) is 10.7. The summed E-state index contributed by atoms with van der Waals surface area (Å²) in [6.07, 6.45) is 4.47. The van der Waals surface area contributed by atoms with Crippen molar-refractivity contribution in [2.75, 3.05) is 26.2 Å². The minimum absolute atomic E-state index is 0.0917. The van der Waals surface area contributed by atoms with Crippen LogP contribution in [0.1, 0.15) is 53.6 Å². The van der Waals surface area contributed by atoms with Crippen molar-refractivity contribution in [1.29, 1.82) is 0 Å². The molecule has 1 aromatic carbocycles. The van der Waals surface area contributed by atoms with Gasteiger partial charge in [-0.15, -0.1) is 0 Å². The van der Waals surface area contributed by atoms with Gasteiger partial charge in [-0.2, -0.15) is 0 Å². The molecule has 1 aromatic rings. The van der Waals surface area contributed by atoms with Gasteiger partial charge in [-0.25, -0.2) is 0 Å². The Labute approximate surface area is 170 Å². The zero-order valence-electron chi connectivity index (χ0n) is 16.7. The summed E-state index contributed by atoms with van der Waals surface area (Å²) in [6, 6.07) is 5.60. The Bertz CT molecular complexity index is 852. The average Bonchev–Trinajstić information content (AvgIpc) is 3.29. The summed E-state index contributed by atoms with van der Waals surface area (Å²) < 4.78 is 0. The highest BCUT2D eigenvalue weighted by Crippen LogP contribution is 2.37. The summed E-state index contributed by atoms with van der Waals surface area (Å²) in [5.74, 6) is -0.702. The number of hydrogen-bond acceptors (Lipinski definition) is 5. The summed E-state index contributed by atoms with van der Waals surface area (Å²) >= 11 is 0. The van der Waals surface area contributed by atoms with Crippen LogP contribution in [0.15, 0.2) is 18.2 Å². The summed E-state index contributed by atoms with van der Waals surface area (Å²) in [7, 11) is 0. The number of nitrogens with one attached hydrogen (secondary N) is 2. The first-order valence-corrected chi connectivity index (χ1v) is 10.7. The van der Waals surface area contributed by atoms with E-state index in [0.29, 0.717) is 23.9 Å². The highest BCUT2D eigenvalue weighted by atomic mass is 16.2. The van der Waals surface area contributed by atoms with Crippen molar-refractivity contribution in [1.82, 2.24) is 20.4 Å². The van der Waals surface area contributed by atoms with Crippen molar-refractivity contribution >= 4 is 17.7 Å². The molecule has 2 N–H and O–H groups in total. The summed E-state index contributed by atoms with van der Waals surface area (Å²) in [6.45, 7) is 5.83. The maximum Gasteiger partial charge on any atom is 0.255 e. The Balaban J connectivity index is 1.25. The van der Waals surface area contributed by atoms with Crippen LogP contribution in [-0.4, -0.2) is 59.7 Å². The SMILES string of the molecule is O=C1CCC(N2Cc3ccc(CN4CCC5(CCNC5)CC4)cc3C2=O)C(=O)N1. The predicted octanol–water partition coefficient (Wildman–Crippen LogP) is 1.02. The minimum Gasteiger partial charge on any atom is -0.322 e. The Kier molecular flexibility index (Phi) is 4.67. The number of piperidine rings is 2. The summed E-state index contributed by atoms with van der Waals surface area (Å²) in [5.41, 5.74) is 3.34. The molecule has 0 bridgehead atoms. The van der Waals surface area contributed by atoms with E-state index < -0.39 is 6.04 Å².